The van der Waals surface area contributed by atoms with Crippen molar-refractivity contribution in [2.45, 2.75) is 205 Å². The van der Waals surface area contributed by atoms with E-state index in [0.717, 1.165) is 103 Å². The fraction of sp³-hybridized carbons (Fsp3) is 0.660. The normalized spacial score (nSPS) is 20.2. The van der Waals surface area contributed by atoms with Gasteiger partial charge in [-0.15, -0.1) is 0 Å². The van der Waals surface area contributed by atoms with E-state index < -0.39 is 71.2 Å². The first-order chi connectivity index (χ1) is 32.0. The molecule has 13 heteroatoms. The number of hydrogen-bond acceptors (Lipinski definition) is 11. The summed E-state index contributed by atoms with van der Waals surface area (Å²) in [6, 6.07) is 0. The Morgan fingerprint density at radius 3 is 1.44 bits per heavy atom. The van der Waals surface area contributed by atoms with Crippen molar-refractivity contribution in [3.8, 4) is 0 Å². The fourth-order valence-corrected chi connectivity index (χ4v) is 7.52. The van der Waals surface area contributed by atoms with E-state index in [1.54, 1.807) is 0 Å². The Morgan fingerprint density at radius 1 is 0.530 bits per heavy atom. The maximum Gasteiger partial charge on any atom is 0.306 e. The zero-order valence-corrected chi connectivity index (χ0v) is 41.1. The largest absolute Gasteiger partial charge is 0.462 e. The van der Waals surface area contributed by atoms with E-state index in [4.69, 9.17) is 18.9 Å². The SMILES string of the molecule is CC/C=C\C/C=C\C/C=C\C/C=C\C/C=C\CCCCCC(=O)OC(COC(=O)CCCCCCCC/C=C\C/C=C\C/C=C\CCCCC)COC1OC(CS(=O)(=O)O)C(O)C(O)C1O. The Morgan fingerprint density at radius 2 is 0.955 bits per heavy atom. The zero-order valence-electron chi connectivity index (χ0n) is 40.3. The van der Waals surface area contributed by atoms with Gasteiger partial charge in [0, 0.05) is 12.8 Å². The molecule has 6 atom stereocenters. The number of carbonyl (C=O) groups is 2. The minimum absolute atomic E-state index is 0.116. The highest BCUT2D eigenvalue weighted by Crippen LogP contribution is 2.24. The van der Waals surface area contributed by atoms with Gasteiger partial charge in [-0.1, -0.05) is 156 Å². The third-order valence-electron chi connectivity index (χ3n) is 10.6. The van der Waals surface area contributed by atoms with Gasteiger partial charge in [0.15, 0.2) is 12.4 Å². The molecule has 0 aromatic rings. The van der Waals surface area contributed by atoms with E-state index in [0.29, 0.717) is 12.8 Å². The summed E-state index contributed by atoms with van der Waals surface area (Å²) in [5.74, 6) is -2.06. The van der Waals surface area contributed by atoms with Crippen LogP contribution in [0.1, 0.15) is 168 Å². The molecule has 6 unspecified atom stereocenters. The molecule has 0 aromatic carbocycles. The second kappa shape index (κ2) is 41.7. The summed E-state index contributed by atoms with van der Waals surface area (Å²) in [6.07, 6.45) is 47.2. The monoisotopic (exact) mass is 947 g/mol. The summed E-state index contributed by atoms with van der Waals surface area (Å²) in [6.45, 7) is 3.58. The number of aliphatic hydroxyl groups is 3. The number of esters is 2. The lowest BCUT2D eigenvalue weighted by atomic mass is 10.00. The average Bonchev–Trinajstić information content (AvgIpc) is 3.28. The van der Waals surface area contributed by atoms with Crippen molar-refractivity contribution >= 4 is 22.1 Å². The number of ether oxygens (including phenoxy) is 4. The van der Waals surface area contributed by atoms with Gasteiger partial charge in [0.1, 0.15) is 36.8 Å². The van der Waals surface area contributed by atoms with Crippen LogP contribution in [0.25, 0.3) is 0 Å². The summed E-state index contributed by atoms with van der Waals surface area (Å²) < 4.78 is 54.2. The molecular formula is C53H86O12S. The Labute approximate surface area is 398 Å². The van der Waals surface area contributed by atoms with Gasteiger partial charge in [-0.05, 0) is 96.3 Å². The molecule has 0 bridgehead atoms. The molecule has 376 valence electrons. The van der Waals surface area contributed by atoms with Crippen molar-refractivity contribution < 1.29 is 56.8 Å². The van der Waals surface area contributed by atoms with Crippen LogP contribution >= 0.6 is 0 Å². The number of hydrogen-bond donors (Lipinski definition) is 4. The molecule has 12 nitrogen and oxygen atoms in total. The molecule has 1 heterocycles. The van der Waals surface area contributed by atoms with E-state index in [-0.39, 0.29) is 19.4 Å². The molecule has 0 aromatic heterocycles. The summed E-state index contributed by atoms with van der Waals surface area (Å²) >= 11 is 0. The highest BCUT2D eigenvalue weighted by molar-refractivity contribution is 7.85. The van der Waals surface area contributed by atoms with Gasteiger partial charge in [0.05, 0.1) is 6.61 Å². The van der Waals surface area contributed by atoms with Crippen LogP contribution in [0.5, 0.6) is 0 Å². The first-order valence-corrected chi connectivity index (χ1v) is 26.4. The first-order valence-electron chi connectivity index (χ1n) is 24.8. The van der Waals surface area contributed by atoms with Crippen molar-refractivity contribution in [3.05, 3.63) is 97.2 Å². The van der Waals surface area contributed by atoms with Gasteiger partial charge in [0.2, 0.25) is 0 Å². The van der Waals surface area contributed by atoms with Gasteiger partial charge < -0.3 is 34.3 Å². The summed E-state index contributed by atoms with van der Waals surface area (Å²) in [4.78, 5) is 25.5. The van der Waals surface area contributed by atoms with E-state index in [1.165, 1.54) is 25.7 Å². The average molecular weight is 947 g/mol. The Kier molecular flexibility index (Phi) is 38.3. The van der Waals surface area contributed by atoms with Gasteiger partial charge in [0.25, 0.3) is 10.1 Å². The highest BCUT2D eigenvalue weighted by Gasteiger charge is 2.46. The standard InChI is InChI=1S/C53H86O12S/c1-3-5-7-9-11-13-15-17-19-21-23-25-27-29-31-33-35-37-39-41-48(54)62-43-46(44-63-53-52(58)51(57)50(56)47(65-53)45-66(59,60)61)64-49(55)42-40-38-36-34-32-30-28-26-24-22-20-18-16-14-12-10-8-6-4-2/h6,8,11-14,17-20,23-26,30,32,46-47,50-53,56-58H,3-5,7,9-10,15-16,21-22,27-29,31,33-45H2,1-2H3,(H,59,60,61)/b8-6-,13-11-,14-12-,19-17-,20-18-,25-23-,26-24-,32-30-. The topological polar surface area (TPSA) is 186 Å². The second-order valence-electron chi connectivity index (χ2n) is 16.7. The number of rotatable bonds is 40. The fourth-order valence-electron chi connectivity index (χ4n) is 6.83. The van der Waals surface area contributed by atoms with Crippen molar-refractivity contribution in [1.82, 2.24) is 0 Å². The van der Waals surface area contributed by atoms with Gasteiger partial charge in [-0.2, -0.15) is 8.42 Å². The van der Waals surface area contributed by atoms with Gasteiger partial charge in [-0.25, -0.2) is 0 Å². The third kappa shape index (κ3) is 35.7. The highest BCUT2D eigenvalue weighted by atomic mass is 32.2. The van der Waals surface area contributed by atoms with E-state index >= 15 is 0 Å². The van der Waals surface area contributed by atoms with Crippen LogP contribution in [0.4, 0.5) is 0 Å². The number of unbranched alkanes of at least 4 members (excludes halogenated alkanes) is 12. The molecule has 1 rings (SSSR count). The summed E-state index contributed by atoms with van der Waals surface area (Å²) in [7, 11) is -4.62. The van der Waals surface area contributed by atoms with Crippen LogP contribution in [-0.4, -0.2) is 96.0 Å². The predicted octanol–water partition coefficient (Wildman–Crippen LogP) is 11.0. The summed E-state index contributed by atoms with van der Waals surface area (Å²) in [5, 5.41) is 31.0. The lowest BCUT2D eigenvalue weighted by molar-refractivity contribution is -0.297. The van der Waals surface area contributed by atoms with Crippen LogP contribution in [0.3, 0.4) is 0 Å². The molecule has 4 N–H and O–H groups in total. The molecule has 0 spiro atoms. The molecule has 1 aliphatic heterocycles. The molecule has 1 saturated heterocycles. The molecule has 66 heavy (non-hydrogen) atoms. The molecular weight excluding hydrogens is 861 g/mol. The van der Waals surface area contributed by atoms with Crippen LogP contribution in [-0.2, 0) is 38.7 Å². The number of aliphatic hydroxyl groups excluding tert-OH is 3. The van der Waals surface area contributed by atoms with Crippen molar-refractivity contribution in [1.29, 1.82) is 0 Å². The molecule has 0 radical (unpaired) electrons. The third-order valence-corrected chi connectivity index (χ3v) is 11.4. The first kappa shape index (κ1) is 60.6. The predicted molar refractivity (Wildman–Crippen MR) is 265 cm³/mol. The Hall–Kier alpha value is -3.43. The molecule has 1 aliphatic rings. The molecule has 0 amide bonds. The minimum atomic E-state index is -4.62. The van der Waals surface area contributed by atoms with Crippen molar-refractivity contribution in [3.63, 3.8) is 0 Å². The van der Waals surface area contributed by atoms with Crippen LogP contribution in [0, 0.1) is 0 Å². The Bertz CT molecular complexity index is 1580. The zero-order chi connectivity index (χ0) is 48.4. The molecule has 0 saturated carbocycles. The molecule has 0 aliphatic carbocycles. The van der Waals surface area contributed by atoms with Crippen molar-refractivity contribution in [2.75, 3.05) is 19.0 Å². The molecule has 1 fully saturated rings. The lowest BCUT2D eigenvalue weighted by Crippen LogP contribution is -2.60. The van der Waals surface area contributed by atoms with Crippen LogP contribution in [0.2, 0.25) is 0 Å². The second-order valence-corrected chi connectivity index (χ2v) is 18.2. The summed E-state index contributed by atoms with van der Waals surface area (Å²) in [5.41, 5.74) is 0. The van der Waals surface area contributed by atoms with E-state index in [1.807, 2.05) is 0 Å². The number of carbonyl (C=O) groups excluding carboxylic acids is 2. The van der Waals surface area contributed by atoms with Crippen molar-refractivity contribution in [2.24, 2.45) is 0 Å². The van der Waals surface area contributed by atoms with Crippen LogP contribution in [0.15, 0.2) is 97.2 Å². The minimum Gasteiger partial charge on any atom is -0.462 e. The number of allylic oxidation sites excluding steroid dienone is 16. The van der Waals surface area contributed by atoms with Gasteiger partial charge >= 0.3 is 11.9 Å². The van der Waals surface area contributed by atoms with E-state index in [9.17, 15) is 37.9 Å². The van der Waals surface area contributed by atoms with E-state index in [2.05, 4.69) is 111 Å². The lowest BCUT2D eigenvalue weighted by Gasteiger charge is -2.40. The smallest absolute Gasteiger partial charge is 0.306 e. The quantitative estimate of drug-likeness (QED) is 0.0197. The maximum atomic E-state index is 12.9. The Balaban J connectivity index is 2.45. The van der Waals surface area contributed by atoms with Gasteiger partial charge in [-0.3, -0.25) is 14.1 Å². The van der Waals surface area contributed by atoms with Crippen LogP contribution < -0.4 is 0 Å². The maximum absolute atomic E-state index is 12.9.